The number of rotatable bonds is 11. The van der Waals surface area contributed by atoms with Crippen LogP contribution in [0.3, 0.4) is 0 Å². The number of nitrogens with zero attached hydrogens (tertiary/aromatic N) is 3. The van der Waals surface area contributed by atoms with Crippen molar-refractivity contribution in [1.29, 1.82) is 0 Å². The average Bonchev–Trinajstić information content (AvgIpc) is 2.79. The summed E-state index contributed by atoms with van der Waals surface area (Å²) in [6, 6.07) is 8.06. The van der Waals surface area contributed by atoms with Crippen molar-refractivity contribution in [2.75, 3.05) is 30.4 Å². The number of benzene rings is 1. The normalized spacial score (nSPS) is 13.1. The van der Waals surface area contributed by atoms with Gasteiger partial charge in [-0.05, 0) is 43.2 Å². The summed E-state index contributed by atoms with van der Waals surface area (Å²) in [4.78, 5) is 11.0. The van der Waals surface area contributed by atoms with E-state index in [0.29, 0.717) is 11.1 Å². The summed E-state index contributed by atoms with van der Waals surface area (Å²) in [7, 11) is 1.63. The SMILES string of the molecule is C=C(S)/C(F)=C\C(=C/Nc1ccc2ncc(N(CCC)CCC)cc2c1)C(C=NC)=CN. The van der Waals surface area contributed by atoms with E-state index >= 15 is 0 Å². The molecule has 0 aliphatic carbocycles. The summed E-state index contributed by atoms with van der Waals surface area (Å²) < 4.78 is 14.2. The number of allylic oxidation sites excluding steroid dienone is 4. The van der Waals surface area contributed by atoms with Crippen molar-refractivity contribution in [3.8, 4) is 0 Å². The summed E-state index contributed by atoms with van der Waals surface area (Å²) in [5.74, 6) is -0.551. The van der Waals surface area contributed by atoms with Crippen LogP contribution >= 0.6 is 12.6 Å². The first-order chi connectivity index (χ1) is 15.4. The van der Waals surface area contributed by atoms with E-state index in [4.69, 9.17) is 5.73 Å². The first kappa shape index (κ1) is 25.2. The molecule has 0 saturated heterocycles. The van der Waals surface area contributed by atoms with Gasteiger partial charge >= 0.3 is 0 Å². The maximum absolute atomic E-state index is 14.2. The molecule has 0 unspecified atom stereocenters. The molecule has 0 saturated carbocycles. The molecule has 0 fully saturated rings. The molecular weight excluding hydrogens is 421 g/mol. The van der Waals surface area contributed by atoms with Gasteiger partial charge in [-0.25, -0.2) is 4.39 Å². The Bertz CT molecular complexity index is 1050. The van der Waals surface area contributed by atoms with Crippen molar-refractivity contribution >= 4 is 41.1 Å². The zero-order valence-electron chi connectivity index (χ0n) is 19.0. The fourth-order valence-electron chi connectivity index (χ4n) is 3.23. The minimum Gasteiger partial charge on any atom is -0.404 e. The Hall–Kier alpha value is -3.06. The lowest BCUT2D eigenvalue weighted by Gasteiger charge is -2.23. The van der Waals surface area contributed by atoms with E-state index in [-0.39, 0.29) is 4.91 Å². The molecule has 3 N–H and O–H groups in total. The highest BCUT2D eigenvalue weighted by Gasteiger charge is 2.08. The molecule has 0 aliphatic rings. The molecule has 7 heteroatoms. The predicted molar refractivity (Wildman–Crippen MR) is 140 cm³/mol. The van der Waals surface area contributed by atoms with Crippen LogP contribution in [0.2, 0.25) is 0 Å². The molecule has 2 aromatic rings. The third kappa shape index (κ3) is 6.99. The second kappa shape index (κ2) is 12.7. The standard InChI is InChI=1S/C25H32FN5S/c1-5-9-31(10-6-2)23-12-19-11-22(7-8-25(19)30-17-23)29-16-20(13-24(26)18(3)32)21(14-27)15-28-4/h7-8,11-17,29,32H,3,5-6,9-10,27H2,1-2,4H3/b20-16+,21-14?,24-13+,28-15?. The van der Waals surface area contributed by atoms with E-state index in [1.807, 2.05) is 24.4 Å². The van der Waals surface area contributed by atoms with Gasteiger partial charge in [-0.2, -0.15) is 0 Å². The van der Waals surface area contributed by atoms with Crippen LogP contribution in [0.4, 0.5) is 15.8 Å². The fourth-order valence-corrected chi connectivity index (χ4v) is 3.30. The molecule has 1 aromatic carbocycles. The van der Waals surface area contributed by atoms with E-state index in [1.54, 1.807) is 19.5 Å². The number of nitrogens with two attached hydrogens (primary N) is 1. The van der Waals surface area contributed by atoms with Gasteiger partial charge in [0, 0.05) is 65.9 Å². The van der Waals surface area contributed by atoms with Crippen LogP contribution < -0.4 is 16.0 Å². The van der Waals surface area contributed by atoms with Gasteiger partial charge in [0.15, 0.2) is 0 Å². The summed E-state index contributed by atoms with van der Waals surface area (Å²) in [6.45, 7) is 9.86. The van der Waals surface area contributed by atoms with E-state index in [2.05, 4.69) is 59.3 Å². The number of fused-ring (bicyclic) bond motifs is 1. The largest absolute Gasteiger partial charge is 0.404 e. The molecule has 0 atom stereocenters. The highest BCUT2D eigenvalue weighted by molar-refractivity contribution is 7.84. The fraction of sp³-hybridized carbons (Fsp3) is 0.280. The summed E-state index contributed by atoms with van der Waals surface area (Å²) in [5.41, 5.74) is 9.65. The van der Waals surface area contributed by atoms with Gasteiger partial charge in [-0.3, -0.25) is 9.98 Å². The van der Waals surface area contributed by atoms with Gasteiger partial charge in [0.05, 0.1) is 17.4 Å². The van der Waals surface area contributed by atoms with Crippen molar-refractivity contribution < 1.29 is 4.39 Å². The molecule has 5 nitrogen and oxygen atoms in total. The van der Waals surface area contributed by atoms with Crippen molar-refractivity contribution in [3.63, 3.8) is 0 Å². The quantitative estimate of drug-likeness (QED) is 0.222. The minimum absolute atomic E-state index is 0.0359. The lowest BCUT2D eigenvalue weighted by Crippen LogP contribution is -2.24. The molecule has 0 aliphatic heterocycles. The van der Waals surface area contributed by atoms with Gasteiger partial charge in [0.2, 0.25) is 0 Å². The molecule has 32 heavy (non-hydrogen) atoms. The van der Waals surface area contributed by atoms with Crippen LogP contribution in [-0.2, 0) is 0 Å². The molecule has 0 amide bonds. The lowest BCUT2D eigenvalue weighted by atomic mass is 10.1. The van der Waals surface area contributed by atoms with Crippen molar-refractivity contribution in [2.24, 2.45) is 10.7 Å². The van der Waals surface area contributed by atoms with Gasteiger partial charge in [0.1, 0.15) is 5.83 Å². The van der Waals surface area contributed by atoms with Crippen LogP contribution in [0.15, 0.2) is 82.4 Å². The molecule has 1 heterocycles. The second-order valence-electron chi connectivity index (χ2n) is 7.28. The molecule has 170 valence electrons. The Labute approximate surface area is 195 Å². The van der Waals surface area contributed by atoms with Gasteiger partial charge in [0.25, 0.3) is 0 Å². The minimum atomic E-state index is -0.551. The Morgan fingerprint density at radius 2 is 1.97 bits per heavy atom. The van der Waals surface area contributed by atoms with E-state index in [1.165, 1.54) is 12.3 Å². The number of anilines is 2. The summed E-state index contributed by atoms with van der Waals surface area (Å²) in [6.07, 6.45) is 10.0. The molecule has 0 bridgehead atoms. The molecule has 0 spiro atoms. The first-order valence-corrected chi connectivity index (χ1v) is 11.1. The molecule has 1 aromatic heterocycles. The van der Waals surface area contributed by atoms with Crippen molar-refractivity contribution in [1.82, 2.24) is 4.98 Å². The van der Waals surface area contributed by atoms with Crippen LogP contribution in [0.25, 0.3) is 10.9 Å². The highest BCUT2D eigenvalue weighted by atomic mass is 32.1. The van der Waals surface area contributed by atoms with Crippen molar-refractivity contribution in [2.45, 2.75) is 26.7 Å². The monoisotopic (exact) mass is 453 g/mol. The predicted octanol–water partition coefficient (Wildman–Crippen LogP) is 6.00. The average molecular weight is 454 g/mol. The number of hydrogen-bond acceptors (Lipinski definition) is 6. The highest BCUT2D eigenvalue weighted by Crippen LogP contribution is 2.24. The summed E-state index contributed by atoms with van der Waals surface area (Å²) >= 11 is 3.97. The van der Waals surface area contributed by atoms with Crippen LogP contribution in [0, 0.1) is 0 Å². The lowest BCUT2D eigenvalue weighted by molar-refractivity contribution is 0.663. The van der Waals surface area contributed by atoms with Crippen molar-refractivity contribution in [3.05, 3.63) is 77.4 Å². The number of aliphatic imine (C=N–C) groups is 1. The van der Waals surface area contributed by atoms with Crippen LogP contribution in [-0.4, -0.2) is 31.3 Å². The maximum atomic E-state index is 14.2. The number of thiol groups is 1. The molecule has 0 radical (unpaired) electrons. The topological polar surface area (TPSA) is 66.5 Å². The van der Waals surface area contributed by atoms with Crippen LogP contribution in [0.1, 0.15) is 26.7 Å². The zero-order valence-corrected chi connectivity index (χ0v) is 19.9. The van der Waals surface area contributed by atoms with Gasteiger partial charge in [-0.1, -0.05) is 20.4 Å². The number of halogens is 1. The third-order valence-corrected chi connectivity index (χ3v) is 4.97. The molecule has 2 rings (SSSR count). The third-order valence-electron chi connectivity index (χ3n) is 4.75. The number of aromatic nitrogens is 1. The molecular formula is C25H32FN5S. The Kier molecular flexibility index (Phi) is 10.0. The Balaban J connectivity index is 2.41. The number of hydrogen-bond donors (Lipinski definition) is 3. The van der Waals surface area contributed by atoms with E-state index in [9.17, 15) is 4.39 Å². The number of nitrogens with one attached hydrogen (secondary N) is 1. The van der Waals surface area contributed by atoms with Gasteiger partial charge < -0.3 is 16.0 Å². The van der Waals surface area contributed by atoms with E-state index < -0.39 is 5.83 Å². The Morgan fingerprint density at radius 1 is 1.25 bits per heavy atom. The second-order valence-corrected chi connectivity index (χ2v) is 7.82. The van der Waals surface area contributed by atoms with E-state index in [0.717, 1.165) is 48.2 Å². The van der Waals surface area contributed by atoms with Gasteiger partial charge in [-0.15, -0.1) is 12.6 Å². The maximum Gasteiger partial charge on any atom is 0.136 e. The van der Waals surface area contributed by atoms with Crippen LogP contribution in [0.5, 0.6) is 0 Å². The summed E-state index contributed by atoms with van der Waals surface area (Å²) in [5, 5.41) is 4.25. The number of pyridine rings is 1. The Morgan fingerprint density at radius 3 is 2.56 bits per heavy atom. The zero-order chi connectivity index (χ0) is 23.5. The smallest absolute Gasteiger partial charge is 0.136 e. The first-order valence-electron chi connectivity index (χ1n) is 10.6.